The molecule has 1 aromatic rings. The number of hydrogen-bond donors (Lipinski definition) is 1. The minimum absolute atomic E-state index is 0.256. The predicted molar refractivity (Wildman–Crippen MR) is 96.9 cm³/mol. The zero-order chi connectivity index (χ0) is 17.9. The maximum Gasteiger partial charge on any atom is 0.119 e. The quantitative estimate of drug-likeness (QED) is 0.788. The Hall–Kier alpha value is -1.65. The number of rotatable bonds is 7. The molecule has 26 heavy (non-hydrogen) atoms. The zero-order valence-corrected chi connectivity index (χ0v) is 15.1. The summed E-state index contributed by atoms with van der Waals surface area (Å²) in [7, 11) is 0. The Labute approximate surface area is 154 Å². The lowest BCUT2D eigenvalue weighted by molar-refractivity contribution is -0.143. The summed E-state index contributed by atoms with van der Waals surface area (Å²) in [5.41, 5.74) is 0.605. The monoisotopic (exact) mass is 357 g/mol. The van der Waals surface area contributed by atoms with Crippen LogP contribution >= 0.6 is 0 Å². The van der Waals surface area contributed by atoms with Crippen LogP contribution < -0.4 is 4.74 Å². The summed E-state index contributed by atoms with van der Waals surface area (Å²) >= 11 is 0. The fourth-order valence-electron chi connectivity index (χ4n) is 3.99. The molecule has 1 aliphatic carbocycles. The van der Waals surface area contributed by atoms with Gasteiger partial charge in [0.25, 0.3) is 0 Å². The van der Waals surface area contributed by atoms with Gasteiger partial charge in [-0.15, -0.1) is 0 Å². The zero-order valence-electron chi connectivity index (χ0n) is 15.1. The lowest BCUT2D eigenvalue weighted by Gasteiger charge is -2.46. The molecule has 3 atom stereocenters. The third-order valence-electron chi connectivity index (χ3n) is 5.34. The van der Waals surface area contributed by atoms with E-state index in [1.807, 2.05) is 0 Å². The van der Waals surface area contributed by atoms with E-state index in [2.05, 4.69) is 15.9 Å². The molecule has 0 amide bonds. The van der Waals surface area contributed by atoms with Crippen LogP contribution in [0.2, 0.25) is 0 Å². The van der Waals surface area contributed by atoms with Crippen molar-refractivity contribution in [3.05, 3.63) is 29.8 Å². The van der Waals surface area contributed by atoms with Crippen LogP contribution in [-0.2, 0) is 4.74 Å². The Morgan fingerprint density at radius 2 is 1.77 bits per heavy atom. The van der Waals surface area contributed by atoms with Crippen LogP contribution in [0.5, 0.6) is 5.75 Å². The summed E-state index contributed by atoms with van der Waals surface area (Å²) < 4.78 is 11.7. The second-order valence-corrected chi connectivity index (χ2v) is 7.86. The number of nitrogens with zero attached hydrogens (tertiary/aromatic N) is 3. The average Bonchev–Trinajstić information content (AvgIpc) is 3.43. The van der Waals surface area contributed by atoms with Crippen molar-refractivity contribution in [2.45, 2.75) is 31.2 Å². The van der Waals surface area contributed by atoms with Crippen molar-refractivity contribution in [2.24, 2.45) is 5.92 Å². The molecule has 140 valence electrons. The minimum Gasteiger partial charge on any atom is -0.491 e. The number of aliphatic hydroxyl groups is 1. The molecular weight excluding hydrogens is 330 g/mol. The number of aliphatic hydroxyl groups excluding tert-OH is 1. The smallest absolute Gasteiger partial charge is 0.119 e. The third-order valence-corrected chi connectivity index (χ3v) is 5.34. The van der Waals surface area contributed by atoms with Crippen molar-refractivity contribution in [1.82, 2.24) is 9.80 Å². The van der Waals surface area contributed by atoms with Crippen molar-refractivity contribution in [2.75, 3.05) is 45.9 Å². The summed E-state index contributed by atoms with van der Waals surface area (Å²) in [6.07, 6.45) is 2.77. The van der Waals surface area contributed by atoms with E-state index in [9.17, 15) is 5.11 Å². The molecule has 1 saturated carbocycles. The molecule has 3 fully saturated rings. The van der Waals surface area contributed by atoms with Gasteiger partial charge in [0.05, 0.1) is 23.8 Å². The SMILES string of the molecule is N#Cc1ccc(OCC(O)CN2CC3CN(CC4CC4)CC(C2)O3)cc1. The number of β-amino-alcohol motifs (C(OH)–C–C–N with tert-alkyl or cyclic N) is 1. The van der Waals surface area contributed by atoms with Crippen molar-refractivity contribution < 1.29 is 14.6 Å². The summed E-state index contributed by atoms with van der Waals surface area (Å²) in [5.74, 6) is 1.60. The fraction of sp³-hybridized carbons (Fsp3) is 0.650. The molecule has 6 nitrogen and oxygen atoms in total. The van der Waals surface area contributed by atoms with Crippen molar-refractivity contribution >= 4 is 0 Å². The molecule has 1 N–H and O–H groups in total. The maximum atomic E-state index is 10.3. The number of morpholine rings is 2. The Balaban J connectivity index is 1.21. The van der Waals surface area contributed by atoms with E-state index in [1.165, 1.54) is 19.4 Å². The van der Waals surface area contributed by atoms with E-state index in [-0.39, 0.29) is 18.8 Å². The van der Waals surface area contributed by atoms with Crippen LogP contribution in [0.25, 0.3) is 0 Å². The normalized spacial score (nSPS) is 27.7. The summed E-state index contributed by atoms with van der Waals surface area (Å²) in [6, 6.07) is 9.05. The summed E-state index contributed by atoms with van der Waals surface area (Å²) in [6.45, 7) is 5.89. The van der Waals surface area contributed by atoms with Gasteiger partial charge in [-0.2, -0.15) is 5.26 Å². The van der Waals surface area contributed by atoms with E-state index in [4.69, 9.17) is 14.7 Å². The van der Waals surface area contributed by atoms with Gasteiger partial charge in [-0.1, -0.05) is 0 Å². The van der Waals surface area contributed by atoms with Gasteiger partial charge < -0.3 is 14.6 Å². The molecular formula is C20H27N3O3. The Kier molecular flexibility index (Phi) is 5.41. The second-order valence-electron chi connectivity index (χ2n) is 7.86. The predicted octanol–water partition coefficient (Wildman–Crippen LogP) is 1.09. The number of ether oxygens (including phenoxy) is 2. The lowest BCUT2D eigenvalue weighted by Crippen LogP contribution is -2.60. The van der Waals surface area contributed by atoms with Crippen LogP contribution in [0.15, 0.2) is 24.3 Å². The first-order chi connectivity index (χ1) is 12.7. The van der Waals surface area contributed by atoms with Gasteiger partial charge in [0.15, 0.2) is 0 Å². The van der Waals surface area contributed by atoms with Gasteiger partial charge in [0, 0.05) is 39.3 Å². The molecule has 0 aromatic heterocycles. The molecule has 2 aliphatic heterocycles. The number of hydrogen-bond acceptors (Lipinski definition) is 6. The Morgan fingerprint density at radius 3 is 2.38 bits per heavy atom. The first kappa shape index (κ1) is 17.7. The highest BCUT2D eigenvalue weighted by Crippen LogP contribution is 2.31. The molecule has 2 saturated heterocycles. The van der Waals surface area contributed by atoms with Gasteiger partial charge in [0.1, 0.15) is 18.5 Å². The van der Waals surface area contributed by atoms with Crippen molar-refractivity contribution in [3.8, 4) is 11.8 Å². The van der Waals surface area contributed by atoms with Gasteiger partial charge in [0.2, 0.25) is 0 Å². The number of fused-ring (bicyclic) bond motifs is 2. The molecule has 6 heteroatoms. The average molecular weight is 357 g/mol. The van der Waals surface area contributed by atoms with E-state index < -0.39 is 6.10 Å². The van der Waals surface area contributed by atoms with E-state index >= 15 is 0 Å². The molecule has 3 unspecified atom stereocenters. The molecule has 2 heterocycles. The number of benzene rings is 1. The van der Waals surface area contributed by atoms with Crippen molar-refractivity contribution in [1.29, 1.82) is 5.26 Å². The third kappa shape index (κ3) is 4.74. The lowest BCUT2D eigenvalue weighted by atomic mass is 10.1. The Morgan fingerprint density at radius 1 is 1.12 bits per heavy atom. The topological polar surface area (TPSA) is 69.0 Å². The highest BCUT2D eigenvalue weighted by molar-refractivity contribution is 5.34. The van der Waals surface area contributed by atoms with E-state index in [0.29, 0.717) is 17.9 Å². The Bertz CT molecular complexity index is 627. The van der Waals surface area contributed by atoms with Gasteiger partial charge >= 0.3 is 0 Å². The largest absolute Gasteiger partial charge is 0.491 e. The molecule has 0 radical (unpaired) electrons. The first-order valence-electron chi connectivity index (χ1n) is 9.59. The molecule has 0 spiro atoms. The summed E-state index contributed by atoms with van der Waals surface area (Å²) in [4.78, 5) is 4.87. The highest BCUT2D eigenvalue weighted by Gasteiger charge is 2.37. The van der Waals surface area contributed by atoms with Gasteiger partial charge in [-0.3, -0.25) is 9.80 Å². The van der Waals surface area contributed by atoms with Gasteiger partial charge in [-0.05, 0) is 43.0 Å². The van der Waals surface area contributed by atoms with E-state index in [0.717, 1.165) is 32.1 Å². The van der Waals surface area contributed by atoms with Crippen LogP contribution in [-0.4, -0.2) is 79.1 Å². The maximum absolute atomic E-state index is 10.3. The number of nitriles is 1. The summed E-state index contributed by atoms with van der Waals surface area (Å²) in [5, 5.41) is 19.1. The minimum atomic E-state index is -0.535. The van der Waals surface area contributed by atoms with Crippen LogP contribution in [0.3, 0.4) is 0 Å². The highest BCUT2D eigenvalue weighted by atomic mass is 16.5. The first-order valence-corrected chi connectivity index (χ1v) is 9.59. The fourth-order valence-corrected chi connectivity index (χ4v) is 3.99. The van der Waals surface area contributed by atoms with Crippen LogP contribution in [0, 0.1) is 17.2 Å². The second kappa shape index (κ2) is 7.93. The molecule has 3 aliphatic rings. The van der Waals surface area contributed by atoms with Crippen LogP contribution in [0.4, 0.5) is 0 Å². The van der Waals surface area contributed by atoms with Gasteiger partial charge in [-0.25, -0.2) is 0 Å². The molecule has 1 aromatic carbocycles. The van der Waals surface area contributed by atoms with Crippen LogP contribution in [0.1, 0.15) is 18.4 Å². The standard InChI is InChI=1S/C20H27N3O3/c21-7-15-3-5-18(6-4-15)25-14-17(24)9-23-12-19-10-22(8-16-1-2-16)11-20(13-23)26-19/h3-6,16-17,19-20,24H,1-2,8-14H2. The molecule has 4 rings (SSSR count). The molecule has 2 bridgehead atoms. The van der Waals surface area contributed by atoms with E-state index in [1.54, 1.807) is 24.3 Å². The van der Waals surface area contributed by atoms with Crippen molar-refractivity contribution in [3.63, 3.8) is 0 Å².